The number of para-hydroxylation sites is 6. The minimum absolute atomic E-state index is 0.531. The number of benzene rings is 17. The largest absolute Gasteiger partial charge is 0.455 e. The number of hydrogen-bond donors (Lipinski definition) is 0. The topological polar surface area (TPSA) is 118 Å². The summed E-state index contributed by atoms with van der Waals surface area (Å²) in [5.41, 5.74) is 23.2. The maximum Gasteiger partial charge on any atom is 0.238 e. The lowest BCUT2D eigenvalue weighted by molar-refractivity contribution is 0.669. The van der Waals surface area contributed by atoms with Gasteiger partial charge in [-0.2, -0.15) is 9.97 Å². The molecule has 0 fully saturated rings. The zero-order valence-corrected chi connectivity index (χ0v) is 65.1. The second kappa shape index (κ2) is 27.9. The molecule has 0 saturated heterocycles. The van der Waals surface area contributed by atoms with Crippen LogP contribution in [0.2, 0.25) is 0 Å². The molecule has 11 nitrogen and oxygen atoms in total. The third kappa shape index (κ3) is 11.4. The van der Waals surface area contributed by atoms with Crippen LogP contribution < -0.4 is 0 Å². The van der Waals surface area contributed by atoms with Crippen LogP contribution in [0.25, 0.3) is 237 Å². The Balaban J connectivity index is 0.000000137. The van der Waals surface area contributed by atoms with Gasteiger partial charge in [0.1, 0.15) is 22.3 Å². The monoisotopic (exact) mass is 1550 g/mol. The van der Waals surface area contributed by atoms with Crippen molar-refractivity contribution in [2.24, 2.45) is 0 Å². The van der Waals surface area contributed by atoms with E-state index in [0.29, 0.717) is 35.1 Å². The summed E-state index contributed by atoms with van der Waals surface area (Å²) < 4.78 is 23.2. The summed E-state index contributed by atoms with van der Waals surface area (Å²) in [6.07, 6.45) is 0. The van der Waals surface area contributed by atoms with Crippen LogP contribution in [0.5, 0.6) is 0 Å². The third-order valence-corrected chi connectivity index (χ3v) is 24.6. The fraction of sp³-hybridized carbons (Fsp3) is 0. The molecule has 0 radical (unpaired) electrons. The first-order chi connectivity index (χ1) is 59.5. The first kappa shape index (κ1) is 68.4. The number of nitrogens with zero attached hydrogens (tertiary/aromatic N) is 9. The number of thiophene rings is 1. The van der Waals surface area contributed by atoms with Gasteiger partial charge in [0.15, 0.2) is 29.1 Å². The molecule has 0 aliphatic rings. The van der Waals surface area contributed by atoms with E-state index in [1.54, 1.807) is 11.3 Å². The minimum atomic E-state index is 0.531. The molecular weight excluding hydrogens is 1490 g/mol. The Hall–Kier alpha value is -16.0. The van der Waals surface area contributed by atoms with Crippen molar-refractivity contribution in [3.05, 3.63) is 394 Å². The van der Waals surface area contributed by atoms with Gasteiger partial charge >= 0.3 is 0 Å². The van der Waals surface area contributed by atoms with Crippen LogP contribution in [-0.4, -0.2) is 43.6 Å². The molecule has 0 unspecified atom stereocenters. The Kier molecular flexibility index (Phi) is 15.9. The standard InChI is InChI=1S/C57H35N5O.C51H30N4OS/c1-3-16-36(17-4-1)38-20-13-22-40(32-38)55-58-56(60-57(59-55)62-50-30-11-7-24-42(50)43-25-8-12-31-51(43)62)46-28-15-27-45-48-34-52-47(35-53(48)63-54(45)46)44-26-9-10-29-49(44)61(52)41-23-14-21-39(33-41)37-18-5-2-6-19-37;1-3-13-31(14-4-1)33-17-11-18-35(27-33)55-43-23-9-7-19-36(43)41-30-45-42(29-44(41)55)39-21-12-22-40(48(39)56-45)51-53-49(32-15-5-2-6-16-32)52-50(54-51)34-25-26-38-37-20-8-10-24-46(37)57-47(38)28-34/h1-35H;1-30H. The van der Waals surface area contributed by atoms with Crippen molar-refractivity contribution in [1.82, 2.24) is 43.6 Å². The zero-order valence-electron chi connectivity index (χ0n) is 64.3. The summed E-state index contributed by atoms with van der Waals surface area (Å²) >= 11 is 1.79. The Morgan fingerprint density at radius 3 is 1.06 bits per heavy atom. The first-order valence-corrected chi connectivity index (χ1v) is 41.0. The molecule has 0 bridgehead atoms. The van der Waals surface area contributed by atoms with E-state index in [0.717, 1.165) is 154 Å². The van der Waals surface area contributed by atoms with Crippen molar-refractivity contribution in [3.8, 4) is 108 Å². The lowest BCUT2D eigenvalue weighted by Gasteiger charge is -2.12. The molecular formula is C108H65N9O2S. The molecule has 25 rings (SSSR count). The van der Waals surface area contributed by atoms with Crippen molar-refractivity contribution < 1.29 is 8.83 Å². The van der Waals surface area contributed by atoms with Crippen molar-refractivity contribution in [2.75, 3.05) is 0 Å². The summed E-state index contributed by atoms with van der Waals surface area (Å²) in [4.78, 5) is 31.2. The van der Waals surface area contributed by atoms with Crippen molar-refractivity contribution >= 4 is 141 Å². The number of furan rings is 2. The molecule has 25 aromatic rings. The fourth-order valence-corrected chi connectivity index (χ4v) is 19.0. The Labute approximate surface area is 690 Å². The number of hydrogen-bond acceptors (Lipinski definition) is 9. The van der Waals surface area contributed by atoms with Gasteiger partial charge in [-0.15, -0.1) is 11.3 Å². The molecule has 17 aromatic carbocycles. The van der Waals surface area contributed by atoms with Gasteiger partial charge in [0, 0.05) is 102 Å². The molecule has 0 N–H and O–H groups in total. The second-order valence-electron chi connectivity index (χ2n) is 30.4. The van der Waals surface area contributed by atoms with E-state index in [4.69, 9.17) is 38.7 Å². The fourth-order valence-electron chi connectivity index (χ4n) is 17.9. The Bertz CT molecular complexity index is 8380. The normalized spacial score (nSPS) is 11.8. The molecule has 560 valence electrons. The van der Waals surface area contributed by atoms with Gasteiger partial charge in [0.2, 0.25) is 5.95 Å². The van der Waals surface area contributed by atoms with E-state index >= 15 is 0 Å². The summed E-state index contributed by atoms with van der Waals surface area (Å²) in [6.45, 7) is 0. The molecule has 120 heavy (non-hydrogen) atoms. The third-order valence-electron chi connectivity index (χ3n) is 23.4. The maximum atomic E-state index is 6.96. The quantitative estimate of drug-likeness (QED) is 0.126. The average molecular weight is 1550 g/mol. The van der Waals surface area contributed by atoms with Crippen LogP contribution in [0, 0.1) is 0 Å². The molecule has 0 aliphatic carbocycles. The van der Waals surface area contributed by atoms with Crippen molar-refractivity contribution in [1.29, 1.82) is 0 Å². The van der Waals surface area contributed by atoms with E-state index in [1.165, 1.54) is 47.8 Å². The molecule has 0 spiro atoms. The molecule has 0 amide bonds. The van der Waals surface area contributed by atoms with Crippen molar-refractivity contribution in [3.63, 3.8) is 0 Å². The smallest absolute Gasteiger partial charge is 0.238 e. The number of aromatic nitrogens is 9. The van der Waals surface area contributed by atoms with E-state index in [1.807, 2.05) is 36.4 Å². The SMILES string of the molecule is c1ccc(-c2cccc(-c3nc(-c4cccc5c4oc4cc6c7ccccc7n(-c7cccc(-c8ccccc8)c7)c6cc45)nc(-n4c5ccccc5c5ccccc54)n3)c2)cc1.c1ccc(-c2cccc(-n3c4ccccc4c4cc5oc6c(-c7nc(-c8ccccc8)nc(-c8ccc9c(c8)sc8ccccc89)n7)cccc6c5cc43)c2)cc1. The van der Waals surface area contributed by atoms with Crippen LogP contribution in [0.3, 0.4) is 0 Å². The lowest BCUT2D eigenvalue weighted by Crippen LogP contribution is -2.06. The molecule has 8 aromatic heterocycles. The molecule has 0 saturated carbocycles. The van der Waals surface area contributed by atoms with Gasteiger partial charge in [-0.3, -0.25) is 4.57 Å². The second-order valence-corrected chi connectivity index (χ2v) is 31.5. The van der Waals surface area contributed by atoms with Crippen molar-refractivity contribution in [2.45, 2.75) is 0 Å². The summed E-state index contributed by atoms with van der Waals surface area (Å²) in [5, 5.41) is 13.4. The first-order valence-electron chi connectivity index (χ1n) is 40.2. The predicted octanol–water partition coefficient (Wildman–Crippen LogP) is 28.5. The molecule has 0 aliphatic heterocycles. The molecule has 0 atom stereocenters. The van der Waals surface area contributed by atoms with E-state index in [9.17, 15) is 0 Å². The summed E-state index contributed by atoms with van der Waals surface area (Å²) in [5.74, 6) is 3.45. The van der Waals surface area contributed by atoms with E-state index in [-0.39, 0.29) is 0 Å². The molecule has 8 heterocycles. The minimum Gasteiger partial charge on any atom is -0.455 e. The van der Waals surface area contributed by atoms with Gasteiger partial charge in [0.25, 0.3) is 0 Å². The van der Waals surface area contributed by atoms with Gasteiger partial charge in [0.05, 0.1) is 44.2 Å². The highest BCUT2D eigenvalue weighted by Gasteiger charge is 2.26. The average Bonchev–Trinajstić information content (AvgIpc) is 1.57. The number of fused-ring (bicyclic) bond motifs is 18. The van der Waals surface area contributed by atoms with Crippen LogP contribution in [0.15, 0.2) is 403 Å². The van der Waals surface area contributed by atoms with Gasteiger partial charge in [-0.05, 0) is 137 Å². The zero-order chi connectivity index (χ0) is 78.9. The highest BCUT2D eigenvalue weighted by molar-refractivity contribution is 7.25. The van der Waals surface area contributed by atoms with Crippen LogP contribution in [0.4, 0.5) is 0 Å². The highest BCUT2D eigenvalue weighted by Crippen LogP contribution is 2.46. The van der Waals surface area contributed by atoms with E-state index < -0.39 is 0 Å². The Morgan fingerprint density at radius 2 is 0.542 bits per heavy atom. The molecule has 12 heteroatoms. The van der Waals surface area contributed by atoms with Gasteiger partial charge in [-0.25, -0.2) is 19.9 Å². The van der Waals surface area contributed by atoms with Crippen LogP contribution >= 0.6 is 11.3 Å². The Morgan fingerprint density at radius 1 is 0.192 bits per heavy atom. The predicted molar refractivity (Wildman–Crippen MR) is 494 cm³/mol. The van der Waals surface area contributed by atoms with Crippen LogP contribution in [0.1, 0.15) is 0 Å². The lowest BCUT2D eigenvalue weighted by atomic mass is 10.0. The number of rotatable bonds is 11. The van der Waals surface area contributed by atoms with E-state index in [2.05, 4.69) is 372 Å². The summed E-state index contributed by atoms with van der Waals surface area (Å²) in [7, 11) is 0. The van der Waals surface area contributed by atoms with Gasteiger partial charge in [-0.1, -0.05) is 291 Å². The summed E-state index contributed by atoms with van der Waals surface area (Å²) in [6, 6.07) is 138. The highest BCUT2D eigenvalue weighted by atomic mass is 32.1. The maximum absolute atomic E-state index is 6.96. The van der Waals surface area contributed by atoms with Crippen LogP contribution in [-0.2, 0) is 0 Å². The van der Waals surface area contributed by atoms with Gasteiger partial charge < -0.3 is 18.0 Å².